The zero-order valence-electron chi connectivity index (χ0n) is 15.1. The van der Waals surface area contributed by atoms with Gasteiger partial charge in [0.15, 0.2) is 0 Å². The summed E-state index contributed by atoms with van der Waals surface area (Å²) in [5, 5.41) is 6.49. The third-order valence-corrected chi connectivity index (χ3v) is 4.72. The number of methoxy groups -OCH3 is 1. The van der Waals surface area contributed by atoms with Crippen LogP contribution in [0.1, 0.15) is 19.3 Å². The molecule has 1 aromatic carbocycles. The minimum atomic E-state index is 0. The number of nitrogens with one attached hydrogen (secondary N) is 2. The lowest BCUT2D eigenvalue weighted by molar-refractivity contribution is -0.123. The highest BCUT2D eigenvalue weighted by atomic mass is 35.5. The maximum Gasteiger partial charge on any atom is 0.221 e. The molecule has 0 bridgehead atoms. The number of nitrogens with zero attached hydrogens (tertiary/aromatic N) is 1. The van der Waals surface area contributed by atoms with Gasteiger partial charge in [-0.05, 0) is 25.0 Å². The fourth-order valence-corrected chi connectivity index (χ4v) is 3.42. The molecule has 8 heteroatoms. The van der Waals surface area contributed by atoms with Gasteiger partial charge in [0.1, 0.15) is 5.75 Å². The smallest absolute Gasteiger partial charge is 0.221 e. The van der Waals surface area contributed by atoms with Gasteiger partial charge in [-0.2, -0.15) is 0 Å². The van der Waals surface area contributed by atoms with Crippen LogP contribution < -0.4 is 20.3 Å². The van der Waals surface area contributed by atoms with E-state index in [0.29, 0.717) is 13.0 Å². The summed E-state index contributed by atoms with van der Waals surface area (Å²) in [5.41, 5.74) is 1.13. The topological polar surface area (TPSA) is 62.8 Å². The number of morpholine rings is 1. The van der Waals surface area contributed by atoms with Crippen LogP contribution in [-0.2, 0) is 9.53 Å². The van der Waals surface area contributed by atoms with E-state index in [1.54, 1.807) is 7.11 Å². The second kappa shape index (κ2) is 11.5. The van der Waals surface area contributed by atoms with Crippen molar-refractivity contribution in [3.8, 4) is 5.75 Å². The molecule has 1 unspecified atom stereocenters. The average molecular weight is 406 g/mol. The summed E-state index contributed by atoms with van der Waals surface area (Å²) < 4.78 is 10.8. The summed E-state index contributed by atoms with van der Waals surface area (Å²) in [5.74, 6) is 1.03. The molecule has 0 aromatic heterocycles. The van der Waals surface area contributed by atoms with E-state index in [1.807, 2.05) is 18.2 Å². The summed E-state index contributed by atoms with van der Waals surface area (Å²) in [6, 6.07) is 8.50. The number of carbonyl (C=O) groups excluding carboxylic acids is 1. The van der Waals surface area contributed by atoms with E-state index in [2.05, 4.69) is 21.6 Å². The number of carbonyl (C=O) groups is 1. The number of para-hydroxylation sites is 2. The molecule has 0 saturated carbocycles. The lowest BCUT2D eigenvalue weighted by atomic mass is 10.0. The Hall–Kier alpha value is -1.21. The van der Waals surface area contributed by atoms with Crippen LogP contribution >= 0.6 is 24.8 Å². The van der Waals surface area contributed by atoms with Gasteiger partial charge < -0.3 is 25.0 Å². The fraction of sp³-hybridized carbons (Fsp3) is 0.611. The molecular weight excluding hydrogens is 377 g/mol. The van der Waals surface area contributed by atoms with Crippen molar-refractivity contribution < 1.29 is 14.3 Å². The molecule has 1 aromatic rings. The highest BCUT2D eigenvalue weighted by Crippen LogP contribution is 2.29. The number of halogens is 2. The predicted octanol–water partition coefficient (Wildman–Crippen LogP) is 2.00. The second-order valence-corrected chi connectivity index (χ2v) is 6.43. The molecule has 3 rings (SSSR count). The van der Waals surface area contributed by atoms with E-state index >= 15 is 0 Å². The van der Waals surface area contributed by atoms with Crippen molar-refractivity contribution in [2.75, 3.05) is 44.9 Å². The quantitative estimate of drug-likeness (QED) is 0.784. The van der Waals surface area contributed by atoms with Crippen molar-refractivity contribution in [1.82, 2.24) is 10.6 Å². The summed E-state index contributed by atoms with van der Waals surface area (Å²) in [6.07, 6.45) is 2.41. The number of benzene rings is 1. The maximum absolute atomic E-state index is 12.2. The van der Waals surface area contributed by atoms with E-state index < -0.39 is 0 Å². The van der Waals surface area contributed by atoms with Gasteiger partial charge in [0.25, 0.3) is 0 Å². The SMILES string of the molecule is COc1ccccc1N1CCC(NC(=O)CC2COCCN2)CC1.Cl.Cl. The number of hydrogen-bond acceptors (Lipinski definition) is 5. The Kier molecular flexibility index (Phi) is 10.1. The summed E-state index contributed by atoms with van der Waals surface area (Å²) >= 11 is 0. The number of anilines is 1. The summed E-state index contributed by atoms with van der Waals surface area (Å²) in [4.78, 5) is 14.5. The molecule has 26 heavy (non-hydrogen) atoms. The van der Waals surface area contributed by atoms with Crippen molar-refractivity contribution in [2.24, 2.45) is 0 Å². The minimum Gasteiger partial charge on any atom is -0.495 e. The lowest BCUT2D eigenvalue weighted by Gasteiger charge is -2.35. The molecule has 1 amide bonds. The minimum absolute atomic E-state index is 0. The Labute approximate surface area is 167 Å². The first-order valence-electron chi connectivity index (χ1n) is 8.74. The summed E-state index contributed by atoms with van der Waals surface area (Å²) in [7, 11) is 1.70. The highest BCUT2D eigenvalue weighted by molar-refractivity contribution is 5.85. The van der Waals surface area contributed by atoms with E-state index in [-0.39, 0.29) is 42.8 Å². The molecule has 2 heterocycles. The molecule has 1 atom stereocenters. The van der Waals surface area contributed by atoms with Crippen LogP contribution in [0.2, 0.25) is 0 Å². The molecule has 2 fully saturated rings. The van der Waals surface area contributed by atoms with E-state index in [0.717, 1.165) is 50.5 Å². The van der Waals surface area contributed by atoms with Gasteiger partial charge in [0, 0.05) is 38.1 Å². The second-order valence-electron chi connectivity index (χ2n) is 6.43. The van der Waals surface area contributed by atoms with E-state index in [9.17, 15) is 4.79 Å². The zero-order valence-corrected chi connectivity index (χ0v) is 16.7. The van der Waals surface area contributed by atoms with Gasteiger partial charge in [0.05, 0.1) is 26.0 Å². The van der Waals surface area contributed by atoms with Crippen LogP contribution in [0.4, 0.5) is 5.69 Å². The molecule has 6 nitrogen and oxygen atoms in total. The van der Waals surface area contributed by atoms with Crippen LogP contribution in [-0.4, -0.2) is 57.9 Å². The largest absolute Gasteiger partial charge is 0.495 e. The lowest BCUT2D eigenvalue weighted by Crippen LogP contribution is -2.48. The van der Waals surface area contributed by atoms with Gasteiger partial charge in [-0.25, -0.2) is 0 Å². The van der Waals surface area contributed by atoms with Gasteiger partial charge in [-0.3, -0.25) is 4.79 Å². The Morgan fingerprint density at radius 3 is 2.69 bits per heavy atom. The first kappa shape index (κ1) is 22.8. The molecule has 148 valence electrons. The normalized spacial score (nSPS) is 20.5. The van der Waals surface area contributed by atoms with Crippen molar-refractivity contribution >= 4 is 36.4 Å². The third kappa shape index (κ3) is 6.20. The highest BCUT2D eigenvalue weighted by Gasteiger charge is 2.24. The predicted molar refractivity (Wildman–Crippen MR) is 108 cm³/mol. The van der Waals surface area contributed by atoms with Crippen LogP contribution in [0, 0.1) is 0 Å². The first-order valence-corrected chi connectivity index (χ1v) is 8.74. The van der Waals surface area contributed by atoms with Crippen LogP contribution in [0.3, 0.4) is 0 Å². The Morgan fingerprint density at radius 1 is 1.31 bits per heavy atom. The van der Waals surface area contributed by atoms with Crippen molar-refractivity contribution in [1.29, 1.82) is 0 Å². The van der Waals surface area contributed by atoms with E-state index in [1.165, 1.54) is 0 Å². The number of hydrogen-bond donors (Lipinski definition) is 2. The van der Waals surface area contributed by atoms with Crippen LogP contribution in [0.5, 0.6) is 5.75 Å². The van der Waals surface area contributed by atoms with Crippen molar-refractivity contribution in [2.45, 2.75) is 31.3 Å². The van der Waals surface area contributed by atoms with Gasteiger partial charge in [0.2, 0.25) is 5.91 Å². The molecule has 2 aliphatic rings. The van der Waals surface area contributed by atoms with Crippen molar-refractivity contribution in [3.63, 3.8) is 0 Å². The van der Waals surface area contributed by atoms with Crippen molar-refractivity contribution in [3.05, 3.63) is 24.3 Å². The van der Waals surface area contributed by atoms with Gasteiger partial charge in [-0.15, -0.1) is 24.8 Å². The van der Waals surface area contributed by atoms with Gasteiger partial charge >= 0.3 is 0 Å². The van der Waals surface area contributed by atoms with Crippen LogP contribution in [0.25, 0.3) is 0 Å². The standard InChI is InChI=1S/C18H27N3O3.2ClH/c1-23-17-5-3-2-4-16(17)21-9-6-14(7-10-21)20-18(22)12-15-13-24-11-8-19-15;;/h2-5,14-15,19H,6-13H2,1H3,(H,20,22);2*1H. The monoisotopic (exact) mass is 405 g/mol. The zero-order chi connectivity index (χ0) is 16.8. The first-order chi connectivity index (χ1) is 11.8. The third-order valence-electron chi connectivity index (χ3n) is 4.72. The molecule has 0 aliphatic carbocycles. The molecule has 0 radical (unpaired) electrons. The van der Waals surface area contributed by atoms with Gasteiger partial charge in [-0.1, -0.05) is 12.1 Å². The molecular formula is C18H29Cl2N3O3. The Morgan fingerprint density at radius 2 is 2.04 bits per heavy atom. The maximum atomic E-state index is 12.2. The van der Waals surface area contributed by atoms with E-state index in [4.69, 9.17) is 9.47 Å². The Bertz CT molecular complexity index is 548. The van der Waals surface area contributed by atoms with Crippen LogP contribution in [0.15, 0.2) is 24.3 Å². The molecule has 2 saturated heterocycles. The number of rotatable bonds is 5. The molecule has 2 N–H and O–H groups in total. The number of piperidine rings is 1. The molecule has 0 spiro atoms. The average Bonchev–Trinajstić information content (AvgIpc) is 2.63. The number of amides is 1. The summed E-state index contributed by atoms with van der Waals surface area (Å²) in [6.45, 7) is 4.04. The molecule has 2 aliphatic heterocycles. The Balaban J connectivity index is 0.00000169. The fourth-order valence-electron chi connectivity index (χ4n) is 3.42. The number of ether oxygens (including phenoxy) is 2.